The Kier molecular flexibility index (Phi) is 5.96. The highest BCUT2D eigenvalue weighted by atomic mass is 16.7. The van der Waals surface area contributed by atoms with Crippen molar-refractivity contribution < 1.29 is 35.0 Å². The summed E-state index contributed by atoms with van der Waals surface area (Å²) in [5.74, 6) is 0.540. The zero-order valence-electron chi connectivity index (χ0n) is 13.2. The summed E-state index contributed by atoms with van der Waals surface area (Å²) in [5, 5.41) is 48.1. The van der Waals surface area contributed by atoms with Gasteiger partial charge in [0.1, 0.15) is 30.2 Å². The molecule has 1 saturated heterocycles. The topological polar surface area (TPSA) is 120 Å². The molecular formula is C16H24O7. The normalized spacial score (nSPS) is 31.4. The molecule has 0 amide bonds. The smallest absolute Gasteiger partial charge is 0.229 e. The van der Waals surface area contributed by atoms with Gasteiger partial charge in [-0.1, -0.05) is 26.0 Å². The van der Waals surface area contributed by atoms with Crippen LogP contribution in [0.3, 0.4) is 0 Å². The molecule has 0 saturated carbocycles. The first kappa shape index (κ1) is 18.1. The molecule has 0 bridgehead atoms. The Morgan fingerprint density at radius 3 is 2.35 bits per heavy atom. The van der Waals surface area contributed by atoms with Gasteiger partial charge >= 0.3 is 0 Å². The number of ether oxygens (including phenoxy) is 2. The van der Waals surface area contributed by atoms with Crippen LogP contribution in [0.1, 0.15) is 30.9 Å². The van der Waals surface area contributed by atoms with E-state index in [1.807, 2.05) is 19.9 Å². The van der Waals surface area contributed by atoms with Crippen LogP contribution < -0.4 is 4.74 Å². The molecule has 0 radical (unpaired) electrons. The summed E-state index contributed by atoms with van der Waals surface area (Å²) in [5.41, 5.74) is 1.48. The maximum Gasteiger partial charge on any atom is 0.229 e. The van der Waals surface area contributed by atoms with Gasteiger partial charge in [-0.3, -0.25) is 0 Å². The fraction of sp³-hybridized carbons (Fsp3) is 0.625. The quantitative estimate of drug-likeness (QED) is 0.493. The minimum Gasteiger partial charge on any atom is -0.462 e. The lowest BCUT2D eigenvalue weighted by Crippen LogP contribution is -2.60. The number of rotatable bonds is 5. The van der Waals surface area contributed by atoms with Crippen molar-refractivity contribution in [1.82, 2.24) is 0 Å². The molecule has 0 aliphatic carbocycles. The number of aliphatic hydroxyl groups excluding tert-OH is 5. The number of benzene rings is 1. The van der Waals surface area contributed by atoms with Gasteiger partial charge in [-0.2, -0.15) is 0 Å². The summed E-state index contributed by atoms with van der Waals surface area (Å²) in [7, 11) is 0. The molecule has 1 aromatic carbocycles. The maximum atomic E-state index is 10.0. The molecule has 5 atom stereocenters. The number of hydrogen-bond acceptors (Lipinski definition) is 7. The van der Waals surface area contributed by atoms with E-state index in [4.69, 9.17) is 9.47 Å². The van der Waals surface area contributed by atoms with Crippen LogP contribution in [0.25, 0.3) is 0 Å². The third-order valence-corrected chi connectivity index (χ3v) is 3.97. The minimum absolute atomic E-state index is 0.127. The Labute approximate surface area is 134 Å². The van der Waals surface area contributed by atoms with Gasteiger partial charge in [0.2, 0.25) is 6.29 Å². The predicted octanol–water partition coefficient (Wildman–Crippen LogP) is -0.519. The Balaban J connectivity index is 2.26. The van der Waals surface area contributed by atoms with E-state index in [0.717, 1.165) is 5.56 Å². The van der Waals surface area contributed by atoms with Crippen molar-refractivity contribution in [3.63, 3.8) is 0 Å². The Morgan fingerprint density at radius 2 is 1.78 bits per heavy atom. The van der Waals surface area contributed by atoms with E-state index < -0.39 is 37.3 Å². The van der Waals surface area contributed by atoms with Crippen LogP contribution in [0.4, 0.5) is 0 Å². The molecule has 0 spiro atoms. The standard InChI is InChI=1S/C16H24O7/c1-8(2)10-4-3-9(6-17)5-11(10)22-16-15(21)14(20)13(19)12(7-18)23-16/h3-5,8,12-21H,6-7H2,1-2H3. The second kappa shape index (κ2) is 7.57. The van der Waals surface area contributed by atoms with Crippen LogP contribution in [-0.2, 0) is 11.3 Å². The molecule has 5 unspecified atom stereocenters. The summed E-state index contributed by atoms with van der Waals surface area (Å²) in [6.07, 6.45) is -6.65. The van der Waals surface area contributed by atoms with E-state index >= 15 is 0 Å². The van der Waals surface area contributed by atoms with Crippen LogP contribution in [0.5, 0.6) is 5.75 Å². The highest BCUT2D eigenvalue weighted by Gasteiger charge is 2.44. The van der Waals surface area contributed by atoms with Crippen molar-refractivity contribution in [3.8, 4) is 5.75 Å². The number of aliphatic hydroxyl groups is 5. The largest absolute Gasteiger partial charge is 0.462 e. The first-order valence-electron chi connectivity index (χ1n) is 7.59. The highest BCUT2D eigenvalue weighted by molar-refractivity contribution is 5.39. The van der Waals surface area contributed by atoms with Gasteiger partial charge in [-0.25, -0.2) is 0 Å². The molecule has 1 heterocycles. The summed E-state index contributed by atoms with van der Waals surface area (Å²) >= 11 is 0. The molecule has 5 N–H and O–H groups in total. The van der Waals surface area contributed by atoms with E-state index in [2.05, 4.69) is 0 Å². The van der Waals surface area contributed by atoms with Gasteiger partial charge < -0.3 is 35.0 Å². The minimum atomic E-state index is -1.49. The maximum absolute atomic E-state index is 10.0. The molecule has 2 rings (SSSR count). The summed E-state index contributed by atoms with van der Waals surface area (Å²) in [4.78, 5) is 0. The summed E-state index contributed by atoms with van der Waals surface area (Å²) < 4.78 is 11.0. The lowest BCUT2D eigenvalue weighted by atomic mass is 9.98. The first-order chi connectivity index (χ1) is 10.9. The molecule has 7 heteroatoms. The van der Waals surface area contributed by atoms with Crippen molar-refractivity contribution in [3.05, 3.63) is 29.3 Å². The van der Waals surface area contributed by atoms with E-state index in [-0.39, 0.29) is 12.5 Å². The van der Waals surface area contributed by atoms with Gasteiger partial charge in [0, 0.05) is 0 Å². The van der Waals surface area contributed by atoms with Gasteiger partial charge in [-0.05, 0) is 23.1 Å². The SMILES string of the molecule is CC(C)c1ccc(CO)cc1OC1OC(CO)C(O)C(O)C1O. The fourth-order valence-corrected chi connectivity index (χ4v) is 2.55. The second-order valence-corrected chi connectivity index (χ2v) is 6.00. The zero-order chi connectivity index (χ0) is 17.1. The summed E-state index contributed by atoms with van der Waals surface area (Å²) in [6.45, 7) is 3.25. The van der Waals surface area contributed by atoms with E-state index in [0.29, 0.717) is 11.3 Å². The molecule has 7 nitrogen and oxygen atoms in total. The molecule has 1 aliphatic rings. The van der Waals surface area contributed by atoms with Crippen molar-refractivity contribution in [2.24, 2.45) is 0 Å². The number of hydrogen-bond donors (Lipinski definition) is 5. The average molecular weight is 328 g/mol. The third-order valence-electron chi connectivity index (χ3n) is 3.97. The second-order valence-electron chi connectivity index (χ2n) is 6.00. The highest BCUT2D eigenvalue weighted by Crippen LogP contribution is 2.31. The Bertz CT molecular complexity index is 517. The summed E-state index contributed by atoms with van der Waals surface area (Å²) in [6, 6.07) is 5.22. The Hall–Kier alpha value is -1.22. The average Bonchev–Trinajstić information content (AvgIpc) is 2.54. The Morgan fingerprint density at radius 1 is 1.09 bits per heavy atom. The zero-order valence-corrected chi connectivity index (χ0v) is 13.2. The van der Waals surface area contributed by atoms with E-state index in [9.17, 15) is 25.5 Å². The van der Waals surface area contributed by atoms with Gasteiger partial charge in [0.15, 0.2) is 0 Å². The van der Waals surface area contributed by atoms with Crippen LogP contribution in [0.15, 0.2) is 18.2 Å². The van der Waals surface area contributed by atoms with Gasteiger partial charge in [-0.15, -0.1) is 0 Å². The van der Waals surface area contributed by atoms with Crippen LogP contribution in [0.2, 0.25) is 0 Å². The van der Waals surface area contributed by atoms with Gasteiger partial charge in [0.25, 0.3) is 0 Å². The molecule has 1 aliphatic heterocycles. The van der Waals surface area contributed by atoms with Crippen molar-refractivity contribution in [2.75, 3.05) is 6.61 Å². The van der Waals surface area contributed by atoms with Crippen molar-refractivity contribution in [2.45, 2.75) is 57.1 Å². The van der Waals surface area contributed by atoms with E-state index in [1.54, 1.807) is 12.1 Å². The molecule has 23 heavy (non-hydrogen) atoms. The van der Waals surface area contributed by atoms with Crippen LogP contribution in [-0.4, -0.2) is 62.8 Å². The first-order valence-corrected chi connectivity index (χ1v) is 7.59. The predicted molar refractivity (Wildman–Crippen MR) is 80.8 cm³/mol. The molecule has 1 fully saturated rings. The molecular weight excluding hydrogens is 304 g/mol. The van der Waals surface area contributed by atoms with E-state index in [1.165, 1.54) is 0 Å². The fourth-order valence-electron chi connectivity index (χ4n) is 2.55. The van der Waals surface area contributed by atoms with Gasteiger partial charge in [0.05, 0.1) is 13.2 Å². The molecule has 130 valence electrons. The van der Waals surface area contributed by atoms with Crippen LogP contribution >= 0.6 is 0 Å². The lowest BCUT2D eigenvalue weighted by Gasteiger charge is -2.39. The van der Waals surface area contributed by atoms with Crippen molar-refractivity contribution >= 4 is 0 Å². The lowest BCUT2D eigenvalue weighted by molar-refractivity contribution is -0.277. The van der Waals surface area contributed by atoms with Crippen LogP contribution in [0, 0.1) is 0 Å². The third kappa shape index (κ3) is 3.82. The molecule has 0 aromatic heterocycles. The molecule has 1 aromatic rings. The van der Waals surface area contributed by atoms with Crippen molar-refractivity contribution in [1.29, 1.82) is 0 Å². The monoisotopic (exact) mass is 328 g/mol.